The van der Waals surface area contributed by atoms with Crippen LogP contribution >= 0.6 is 0 Å². The first kappa shape index (κ1) is 22.4. The Hall–Kier alpha value is -3.11. The predicted octanol–water partition coefficient (Wildman–Crippen LogP) is 6.25. The summed E-state index contributed by atoms with van der Waals surface area (Å²) in [4.78, 5) is 11.8. The molecule has 0 heterocycles. The number of phenolic OH excluding ortho intramolecular Hbond substituents is 1. The molecule has 0 bridgehead atoms. The highest BCUT2D eigenvalue weighted by Crippen LogP contribution is 2.62. The van der Waals surface area contributed by atoms with E-state index in [0.717, 1.165) is 42.4 Å². The number of rotatable bonds is 3. The van der Waals surface area contributed by atoms with Crippen LogP contribution in [0.3, 0.4) is 0 Å². The van der Waals surface area contributed by atoms with Gasteiger partial charge in [0.05, 0.1) is 12.0 Å². The fourth-order valence-electron chi connectivity index (χ4n) is 7.57. The summed E-state index contributed by atoms with van der Waals surface area (Å²) in [7, 11) is 0. The van der Waals surface area contributed by atoms with Crippen molar-refractivity contribution in [3.63, 3.8) is 0 Å². The zero-order valence-corrected chi connectivity index (χ0v) is 20.0. The first-order valence-corrected chi connectivity index (χ1v) is 12.8. The second kappa shape index (κ2) is 8.23. The van der Waals surface area contributed by atoms with Crippen LogP contribution in [0.15, 0.2) is 66.7 Å². The summed E-state index contributed by atoms with van der Waals surface area (Å²) < 4.78 is 0. The molecule has 3 aromatic carbocycles. The Kier molecular flexibility index (Phi) is 5.26. The zero-order chi connectivity index (χ0) is 24.3. The van der Waals surface area contributed by atoms with Crippen LogP contribution in [-0.4, -0.2) is 27.4 Å². The minimum atomic E-state index is -0.868. The van der Waals surface area contributed by atoms with Crippen molar-refractivity contribution in [2.45, 2.75) is 51.0 Å². The summed E-state index contributed by atoms with van der Waals surface area (Å²) in [6.07, 6.45) is 3.45. The summed E-state index contributed by atoms with van der Waals surface area (Å²) in [5.74, 6) is -0.279. The molecular weight excluding hydrogens is 436 g/mol. The van der Waals surface area contributed by atoms with E-state index in [1.165, 1.54) is 16.7 Å². The number of aliphatic hydroxyl groups excluding tert-OH is 1. The van der Waals surface area contributed by atoms with Crippen LogP contribution in [0.4, 0.5) is 0 Å². The van der Waals surface area contributed by atoms with E-state index in [1.807, 2.05) is 24.3 Å². The average molecular weight is 469 g/mol. The molecule has 3 aliphatic rings. The van der Waals surface area contributed by atoms with E-state index in [4.69, 9.17) is 0 Å². The van der Waals surface area contributed by atoms with E-state index < -0.39 is 18.0 Å². The number of aliphatic hydroxyl groups is 1. The molecule has 0 aliphatic heterocycles. The van der Waals surface area contributed by atoms with Gasteiger partial charge in [-0.25, -0.2) is 0 Å². The molecule has 0 aromatic heterocycles. The largest absolute Gasteiger partial charge is 0.507 e. The SMILES string of the molecule is C[C@]12CC[C@@H]3c4cc(-c5ccc(-c6ccccc6)cc5)c(O)cc4CC[C@H]3[C@@H]1CC(C(=O)O)C2O. The van der Waals surface area contributed by atoms with Crippen LogP contribution in [0, 0.1) is 23.2 Å². The van der Waals surface area contributed by atoms with Crippen molar-refractivity contribution in [1.29, 1.82) is 0 Å². The molecule has 0 spiro atoms. The van der Waals surface area contributed by atoms with Gasteiger partial charge in [-0.05, 0) is 95.2 Å². The molecule has 3 aromatic rings. The first-order chi connectivity index (χ1) is 16.9. The maximum absolute atomic E-state index is 11.8. The van der Waals surface area contributed by atoms with Crippen molar-refractivity contribution in [3.8, 4) is 28.0 Å². The van der Waals surface area contributed by atoms with E-state index in [9.17, 15) is 20.1 Å². The Morgan fingerprint density at radius 1 is 0.943 bits per heavy atom. The lowest BCUT2D eigenvalue weighted by molar-refractivity contribution is -0.146. The Balaban J connectivity index is 1.34. The molecular formula is C31H32O4. The Bertz CT molecular complexity index is 1270. The summed E-state index contributed by atoms with van der Waals surface area (Å²) in [5, 5.41) is 31.5. The monoisotopic (exact) mass is 468 g/mol. The number of aromatic hydroxyl groups is 1. The minimum Gasteiger partial charge on any atom is -0.507 e. The number of fused-ring (bicyclic) bond motifs is 5. The highest BCUT2D eigenvalue weighted by molar-refractivity contribution is 5.75. The molecule has 6 atom stereocenters. The third-order valence-electron chi connectivity index (χ3n) is 9.46. The molecule has 2 fully saturated rings. The maximum Gasteiger partial charge on any atom is 0.309 e. The fraction of sp³-hybridized carbons (Fsp3) is 0.387. The molecule has 180 valence electrons. The number of carbonyl (C=O) groups is 1. The van der Waals surface area contributed by atoms with E-state index in [0.29, 0.717) is 24.0 Å². The highest BCUT2D eigenvalue weighted by atomic mass is 16.4. The van der Waals surface area contributed by atoms with Crippen LogP contribution in [0.2, 0.25) is 0 Å². The van der Waals surface area contributed by atoms with Crippen molar-refractivity contribution < 1.29 is 20.1 Å². The number of hydrogen-bond donors (Lipinski definition) is 3. The summed E-state index contributed by atoms with van der Waals surface area (Å²) in [6, 6.07) is 22.8. The molecule has 4 heteroatoms. The van der Waals surface area contributed by atoms with Crippen LogP contribution in [0.25, 0.3) is 22.3 Å². The van der Waals surface area contributed by atoms with E-state index in [-0.39, 0.29) is 11.3 Å². The average Bonchev–Trinajstić information content (AvgIpc) is 3.15. The Morgan fingerprint density at radius 2 is 1.63 bits per heavy atom. The van der Waals surface area contributed by atoms with Gasteiger partial charge in [-0.2, -0.15) is 0 Å². The lowest BCUT2D eigenvalue weighted by Gasteiger charge is -2.50. The maximum atomic E-state index is 11.8. The van der Waals surface area contributed by atoms with Gasteiger partial charge in [0, 0.05) is 5.56 Å². The number of aliphatic carboxylic acids is 1. The normalized spacial score (nSPS) is 31.3. The Morgan fingerprint density at radius 3 is 2.34 bits per heavy atom. The molecule has 3 N–H and O–H groups in total. The standard InChI is InChI=1S/C31H32O4/c1-31-14-13-22-23(27(31)17-26(29(31)33)30(34)35)12-11-21-15-28(32)25(16-24(21)22)20-9-7-19(8-10-20)18-5-3-2-4-6-18/h2-10,15-16,22-23,26-27,29,32-33H,11-14,17H2,1H3,(H,34,35)/t22-,23+,26?,27-,29?,31-/m0/s1. The molecule has 3 aliphatic carbocycles. The van der Waals surface area contributed by atoms with Gasteiger partial charge in [0.25, 0.3) is 0 Å². The van der Waals surface area contributed by atoms with Gasteiger partial charge in [0.15, 0.2) is 0 Å². The van der Waals surface area contributed by atoms with E-state index >= 15 is 0 Å². The number of phenols is 1. The van der Waals surface area contributed by atoms with Crippen molar-refractivity contribution in [2.24, 2.45) is 23.2 Å². The minimum absolute atomic E-state index is 0.216. The zero-order valence-electron chi connectivity index (χ0n) is 20.0. The van der Waals surface area contributed by atoms with Gasteiger partial charge in [-0.15, -0.1) is 0 Å². The quantitative estimate of drug-likeness (QED) is 0.424. The van der Waals surface area contributed by atoms with Crippen molar-refractivity contribution in [1.82, 2.24) is 0 Å². The van der Waals surface area contributed by atoms with Gasteiger partial charge < -0.3 is 15.3 Å². The van der Waals surface area contributed by atoms with Crippen LogP contribution in [0.1, 0.15) is 49.7 Å². The second-order valence-corrected chi connectivity index (χ2v) is 11.1. The van der Waals surface area contributed by atoms with Crippen molar-refractivity contribution >= 4 is 5.97 Å². The van der Waals surface area contributed by atoms with E-state index in [2.05, 4.69) is 49.4 Å². The van der Waals surface area contributed by atoms with Gasteiger partial charge >= 0.3 is 5.97 Å². The number of carboxylic acid groups (broad SMARTS) is 1. The molecule has 2 saturated carbocycles. The smallest absolute Gasteiger partial charge is 0.309 e. The molecule has 2 unspecified atom stereocenters. The van der Waals surface area contributed by atoms with Crippen molar-refractivity contribution in [3.05, 3.63) is 77.9 Å². The topological polar surface area (TPSA) is 77.8 Å². The van der Waals surface area contributed by atoms with E-state index in [1.54, 1.807) is 0 Å². The molecule has 0 amide bonds. The molecule has 0 radical (unpaired) electrons. The molecule has 35 heavy (non-hydrogen) atoms. The Labute approximate surface area is 206 Å². The molecule has 0 saturated heterocycles. The predicted molar refractivity (Wildman–Crippen MR) is 136 cm³/mol. The highest BCUT2D eigenvalue weighted by Gasteiger charge is 2.59. The molecule has 4 nitrogen and oxygen atoms in total. The summed E-state index contributed by atoms with van der Waals surface area (Å²) >= 11 is 0. The molecule has 6 rings (SSSR count). The lowest BCUT2D eigenvalue weighted by Crippen LogP contribution is -2.44. The van der Waals surface area contributed by atoms with Gasteiger partial charge in [0.2, 0.25) is 0 Å². The van der Waals surface area contributed by atoms with Gasteiger partial charge in [-0.1, -0.05) is 61.5 Å². The number of benzene rings is 3. The number of carboxylic acids is 1. The third kappa shape index (κ3) is 3.49. The van der Waals surface area contributed by atoms with Gasteiger partial charge in [-0.3, -0.25) is 4.79 Å². The summed E-state index contributed by atoms with van der Waals surface area (Å²) in [6.45, 7) is 2.10. The number of hydrogen-bond acceptors (Lipinski definition) is 3. The fourth-order valence-corrected chi connectivity index (χ4v) is 7.57. The van der Waals surface area contributed by atoms with Crippen LogP contribution < -0.4 is 0 Å². The first-order valence-electron chi connectivity index (χ1n) is 12.8. The second-order valence-electron chi connectivity index (χ2n) is 11.1. The summed E-state index contributed by atoms with van der Waals surface area (Å²) in [5.41, 5.74) is 6.35. The van der Waals surface area contributed by atoms with Crippen LogP contribution in [-0.2, 0) is 11.2 Å². The lowest BCUT2D eigenvalue weighted by atomic mass is 9.55. The van der Waals surface area contributed by atoms with Crippen LogP contribution in [0.5, 0.6) is 5.75 Å². The van der Waals surface area contributed by atoms with Gasteiger partial charge in [0.1, 0.15) is 5.75 Å². The van der Waals surface area contributed by atoms with Crippen molar-refractivity contribution in [2.75, 3.05) is 0 Å². The third-order valence-corrected chi connectivity index (χ3v) is 9.46. The number of aryl methyl sites for hydroxylation is 1.